The van der Waals surface area contributed by atoms with Crippen molar-refractivity contribution in [1.29, 1.82) is 0 Å². The third kappa shape index (κ3) is 2.38. The van der Waals surface area contributed by atoms with Gasteiger partial charge in [-0.3, -0.25) is 0 Å². The Morgan fingerprint density at radius 1 is 1.69 bits per heavy atom. The van der Waals surface area contributed by atoms with E-state index in [1.807, 2.05) is 0 Å². The summed E-state index contributed by atoms with van der Waals surface area (Å²) in [6.45, 7) is 2.09. The number of halogens is 1. The van der Waals surface area contributed by atoms with E-state index in [2.05, 4.69) is 22.1 Å². The number of hydrogen-bond acceptors (Lipinski definition) is 4. The second-order valence-corrected chi connectivity index (χ2v) is 5.23. The molecule has 0 radical (unpaired) electrons. The second kappa shape index (κ2) is 4.88. The number of nitrogens with zero attached hydrogens (tertiary/aromatic N) is 3. The van der Waals surface area contributed by atoms with E-state index in [9.17, 15) is 4.79 Å². The van der Waals surface area contributed by atoms with Gasteiger partial charge in [0.05, 0.1) is 0 Å². The van der Waals surface area contributed by atoms with Crippen molar-refractivity contribution in [3.63, 3.8) is 0 Å². The van der Waals surface area contributed by atoms with Crippen LogP contribution in [0.1, 0.15) is 13.3 Å². The van der Waals surface area contributed by atoms with Crippen LogP contribution in [0, 0.1) is 0 Å². The number of hydrogen-bond donors (Lipinski definition) is 1. The number of aromatic nitrogens is 4. The molecule has 0 aromatic carbocycles. The van der Waals surface area contributed by atoms with Crippen LogP contribution in [0.5, 0.6) is 0 Å². The van der Waals surface area contributed by atoms with Crippen molar-refractivity contribution < 1.29 is 0 Å². The molecule has 0 aliphatic carbocycles. The van der Waals surface area contributed by atoms with E-state index < -0.39 is 0 Å². The van der Waals surface area contributed by atoms with Gasteiger partial charge in [-0.05, 0) is 6.42 Å². The molecule has 2 heterocycles. The van der Waals surface area contributed by atoms with Gasteiger partial charge in [0.1, 0.15) is 11.4 Å². The third-order valence-corrected chi connectivity index (χ3v) is 3.44. The van der Waals surface area contributed by atoms with Gasteiger partial charge in [-0.1, -0.05) is 6.92 Å². The van der Waals surface area contributed by atoms with Crippen LogP contribution in [0.3, 0.4) is 0 Å². The molecule has 86 valence electrons. The minimum absolute atomic E-state index is 0.271. The fourth-order valence-corrected chi connectivity index (χ4v) is 2.66. The monoisotopic (exact) mass is 258 g/mol. The Morgan fingerprint density at radius 2 is 2.50 bits per heavy atom. The molecule has 16 heavy (non-hydrogen) atoms. The van der Waals surface area contributed by atoms with E-state index in [0.717, 1.165) is 11.4 Å². The van der Waals surface area contributed by atoms with Crippen LogP contribution in [-0.2, 0) is 0 Å². The molecular formula is C9H11ClN4OS. The average Bonchev–Trinajstić information content (AvgIpc) is 2.60. The van der Waals surface area contributed by atoms with Crippen molar-refractivity contribution in [2.24, 2.45) is 0 Å². The Bertz CT molecular complexity index is 538. The van der Waals surface area contributed by atoms with Gasteiger partial charge in [-0.2, -0.15) is 5.10 Å². The van der Waals surface area contributed by atoms with Crippen LogP contribution in [0.15, 0.2) is 22.2 Å². The molecule has 0 saturated heterocycles. The molecule has 2 rings (SSSR count). The van der Waals surface area contributed by atoms with Crippen LogP contribution in [0.2, 0.25) is 0 Å². The number of H-pyrrole nitrogens is 1. The molecule has 2 aromatic heterocycles. The zero-order valence-corrected chi connectivity index (χ0v) is 10.3. The van der Waals surface area contributed by atoms with Gasteiger partial charge < -0.3 is 0 Å². The zero-order valence-electron chi connectivity index (χ0n) is 8.68. The van der Waals surface area contributed by atoms with Crippen LogP contribution < -0.4 is 5.69 Å². The number of aromatic amines is 1. The molecule has 1 atom stereocenters. The van der Waals surface area contributed by atoms with Crippen LogP contribution in [0.4, 0.5) is 0 Å². The van der Waals surface area contributed by atoms with Crippen LogP contribution >= 0.6 is 23.4 Å². The highest BCUT2D eigenvalue weighted by Crippen LogP contribution is 2.23. The van der Waals surface area contributed by atoms with E-state index in [0.29, 0.717) is 16.8 Å². The fraction of sp³-hybridized carbons (Fsp3) is 0.444. The highest BCUT2D eigenvalue weighted by Gasteiger charge is 2.07. The Labute approximate surface area is 101 Å². The average molecular weight is 259 g/mol. The number of thioether (sulfide) groups is 1. The van der Waals surface area contributed by atoms with Gasteiger partial charge in [0, 0.05) is 17.2 Å². The maximum atomic E-state index is 11.2. The largest absolute Gasteiger partial charge is 0.348 e. The van der Waals surface area contributed by atoms with Crippen LogP contribution in [0.25, 0.3) is 5.65 Å². The molecular weight excluding hydrogens is 248 g/mol. The van der Waals surface area contributed by atoms with Gasteiger partial charge in [-0.15, -0.1) is 23.4 Å². The van der Waals surface area contributed by atoms with Crippen molar-refractivity contribution in [2.75, 3.05) is 5.88 Å². The molecule has 5 nitrogen and oxygen atoms in total. The van der Waals surface area contributed by atoms with Gasteiger partial charge >= 0.3 is 5.69 Å². The highest BCUT2D eigenvalue weighted by atomic mass is 35.5. The summed E-state index contributed by atoms with van der Waals surface area (Å²) in [5.74, 6) is 0.637. The number of alkyl halides is 1. The molecule has 7 heteroatoms. The minimum atomic E-state index is -0.271. The van der Waals surface area contributed by atoms with Crippen molar-refractivity contribution >= 4 is 29.0 Å². The Balaban J connectivity index is 2.23. The normalized spacial score (nSPS) is 13.1. The van der Waals surface area contributed by atoms with Crippen LogP contribution in [-0.4, -0.2) is 30.7 Å². The maximum absolute atomic E-state index is 11.2. The fourth-order valence-electron chi connectivity index (χ4n) is 1.28. The second-order valence-electron chi connectivity index (χ2n) is 3.39. The summed E-state index contributed by atoms with van der Waals surface area (Å²) in [5, 5.41) is 7.50. The molecule has 0 spiro atoms. The molecule has 0 fully saturated rings. The first kappa shape index (κ1) is 11.5. The highest BCUT2D eigenvalue weighted by molar-refractivity contribution is 7.99. The van der Waals surface area contributed by atoms with E-state index >= 15 is 0 Å². The topological polar surface area (TPSA) is 63.0 Å². The molecule has 0 bridgehead atoms. The lowest BCUT2D eigenvalue weighted by atomic mass is 10.4. The van der Waals surface area contributed by atoms with Gasteiger partial charge in [0.15, 0.2) is 5.65 Å². The molecule has 2 aromatic rings. The van der Waals surface area contributed by atoms with Gasteiger partial charge in [0.2, 0.25) is 0 Å². The minimum Gasteiger partial charge on any atom is -0.246 e. The quantitative estimate of drug-likeness (QED) is 0.513. The zero-order chi connectivity index (χ0) is 11.5. The lowest BCUT2D eigenvalue weighted by Gasteiger charge is -2.07. The first-order chi connectivity index (χ1) is 7.70. The first-order valence-electron chi connectivity index (χ1n) is 4.86. The summed E-state index contributed by atoms with van der Waals surface area (Å²) in [6, 6.07) is 1.79. The van der Waals surface area contributed by atoms with E-state index in [4.69, 9.17) is 11.6 Å². The smallest absolute Gasteiger partial charge is 0.246 e. The summed E-state index contributed by atoms with van der Waals surface area (Å²) in [4.78, 5) is 15.4. The van der Waals surface area contributed by atoms with Gasteiger partial charge in [0.25, 0.3) is 0 Å². The molecule has 0 saturated carbocycles. The lowest BCUT2D eigenvalue weighted by molar-refractivity contribution is 0.901. The number of fused-ring (bicyclic) bond motifs is 1. The summed E-state index contributed by atoms with van der Waals surface area (Å²) in [5.41, 5.74) is 0.313. The Kier molecular flexibility index (Phi) is 3.50. The van der Waals surface area contributed by atoms with E-state index in [1.165, 1.54) is 10.7 Å². The van der Waals surface area contributed by atoms with Crippen molar-refractivity contribution in [3.8, 4) is 0 Å². The van der Waals surface area contributed by atoms with Crippen molar-refractivity contribution in [3.05, 3.63) is 22.9 Å². The standard InChI is InChI=1S/C9H11ClN4OS/c1-6(2-3-10)16-8-4-7-12-13-9(15)14(7)5-11-8/h4-6H,2-3H2,1H3,(H,13,15). The Hall–Kier alpha value is -1.01. The lowest BCUT2D eigenvalue weighted by Crippen LogP contribution is -2.09. The predicted molar refractivity (Wildman–Crippen MR) is 64.3 cm³/mol. The summed E-state index contributed by atoms with van der Waals surface area (Å²) in [6.07, 6.45) is 2.41. The van der Waals surface area contributed by atoms with Crippen molar-refractivity contribution in [2.45, 2.75) is 23.6 Å². The van der Waals surface area contributed by atoms with Crippen molar-refractivity contribution in [1.82, 2.24) is 19.6 Å². The number of rotatable bonds is 4. The molecule has 0 amide bonds. The Morgan fingerprint density at radius 3 is 3.25 bits per heavy atom. The summed E-state index contributed by atoms with van der Waals surface area (Å²) >= 11 is 7.29. The molecule has 0 aliphatic heterocycles. The summed E-state index contributed by atoms with van der Waals surface area (Å²) in [7, 11) is 0. The SMILES string of the molecule is CC(CCCl)Sc1cc2n[nH]c(=O)n2cn1. The number of nitrogens with one attached hydrogen (secondary N) is 1. The van der Waals surface area contributed by atoms with E-state index in [-0.39, 0.29) is 5.69 Å². The molecule has 0 aliphatic rings. The third-order valence-electron chi connectivity index (χ3n) is 2.12. The summed E-state index contributed by atoms with van der Waals surface area (Å²) < 4.78 is 1.37. The first-order valence-corrected chi connectivity index (χ1v) is 6.27. The molecule has 1 unspecified atom stereocenters. The maximum Gasteiger partial charge on any atom is 0.348 e. The van der Waals surface area contributed by atoms with E-state index in [1.54, 1.807) is 17.8 Å². The van der Waals surface area contributed by atoms with Gasteiger partial charge in [-0.25, -0.2) is 19.3 Å². The predicted octanol–water partition coefficient (Wildman–Crippen LogP) is 1.53. The molecule has 1 N–H and O–H groups in total.